The van der Waals surface area contributed by atoms with Gasteiger partial charge in [0.1, 0.15) is 5.00 Å². The third kappa shape index (κ3) is 4.83. The second kappa shape index (κ2) is 9.49. The normalized spacial score (nSPS) is 16.9. The van der Waals surface area contributed by atoms with Crippen LogP contribution in [0, 0.1) is 5.41 Å². The van der Waals surface area contributed by atoms with Gasteiger partial charge in [0.2, 0.25) is 0 Å². The maximum atomic E-state index is 12.8. The van der Waals surface area contributed by atoms with Crippen molar-refractivity contribution < 1.29 is 14.3 Å². The van der Waals surface area contributed by atoms with E-state index in [1.165, 1.54) is 37.0 Å². The van der Waals surface area contributed by atoms with Gasteiger partial charge in [0, 0.05) is 10.4 Å². The highest BCUT2D eigenvalue weighted by atomic mass is 32.1. The summed E-state index contributed by atoms with van der Waals surface area (Å²) in [5, 5.41) is 6.69. The number of hydrogen-bond acceptors (Lipinski definition) is 5. The van der Waals surface area contributed by atoms with Crippen molar-refractivity contribution in [3.8, 4) is 0 Å². The number of hydrogen-bond donors (Lipinski definition) is 2. The second-order valence-electron chi connectivity index (χ2n) is 8.44. The number of nitrogens with one attached hydrogen (secondary N) is 2. The van der Waals surface area contributed by atoms with Crippen LogP contribution < -0.4 is 10.6 Å². The number of esters is 1. The van der Waals surface area contributed by atoms with Crippen molar-refractivity contribution in [3.63, 3.8) is 0 Å². The molecule has 0 bridgehead atoms. The zero-order valence-corrected chi connectivity index (χ0v) is 19.4. The Morgan fingerprint density at radius 2 is 1.87 bits per heavy atom. The fourth-order valence-corrected chi connectivity index (χ4v) is 6.55. The summed E-state index contributed by atoms with van der Waals surface area (Å²) in [7, 11) is 0. The van der Waals surface area contributed by atoms with Crippen LogP contribution in [0.4, 0.5) is 5.00 Å². The van der Waals surface area contributed by atoms with Gasteiger partial charge in [-0.25, -0.2) is 4.79 Å². The van der Waals surface area contributed by atoms with Crippen molar-refractivity contribution in [2.45, 2.75) is 58.3 Å². The number of anilines is 1. The first-order chi connectivity index (χ1) is 15.0. The molecule has 2 N–H and O–H groups in total. The van der Waals surface area contributed by atoms with Gasteiger partial charge in [-0.1, -0.05) is 37.5 Å². The minimum atomic E-state index is -0.320. The lowest BCUT2D eigenvalue weighted by atomic mass is 9.65. The Balaban J connectivity index is 1.56. The van der Waals surface area contributed by atoms with Gasteiger partial charge in [-0.2, -0.15) is 0 Å². The maximum absolute atomic E-state index is 12.8. The molecule has 4 rings (SSSR count). The number of thiocarbonyl (C=S) groups is 1. The van der Waals surface area contributed by atoms with E-state index < -0.39 is 0 Å². The summed E-state index contributed by atoms with van der Waals surface area (Å²) in [4.78, 5) is 26.5. The monoisotopic (exact) mass is 456 g/mol. The van der Waals surface area contributed by atoms with Crippen molar-refractivity contribution in [3.05, 3.63) is 51.9 Å². The first-order valence-electron chi connectivity index (χ1n) is 11.0. The topological polar surface area (TPSA) is 67.4 Å². The molecule has 1 aromatic heterocycles. The Kier molecular flexibility index (Phi) is 6.72. The first kappa shape index (κ1) is 22.0. The number of fused-ring (bicyclic) bond motifs is 1. The van der Waals surface area contributed by atoms with Gasteiger partial charge in [-0.05, 0) is 74.4 Å². The molecule has 1 fully saturated rings. The lowest BCUT2D eigenvalue weighted by molar-refractivity contribution is 0.0525. The van der Waals surface area contributed by atoms with Gasteiger partial charge in [0.15, 0.2) is 5.11 Å². The molecule has 2 aliphatic carbocycles. The second-order valence-corrected chi connectivity index (χ2v) is 9.95. The van der Waals surface area contributed by atoms with Gasteiger partial charge < -0.3 is 10.1 Å². The number of benzene rings is 1. The van der Waals surface area contributed by atoms with Gasteiger partial charge >= 0.3 is 5.97 Å². The number of rotatable bonds is 4. The number of carbonyl (C=O) groups excluding carboxylic acids is 2. The first-order valence-corrected chi connectivity index (χ1v) is 12.2. The molecule has 5 nitrogen and oxygen atoms in total. The Morgan fingerprint density at radius 1 is 1.13 bits per heavy atom. The molecule has 0 radical (unpaired) electrons. The molecule has 1 saturated carbocycles. The highest BCUT2D eigenvalue weighted by Gasteiger charge is 2.39. The van der Waals surface area contributed by atoms with Gasteiger partial charge in [-0.15, -0.1) is 11.3 Å². The molecule has 2 aliphatic rings. The van der Waals surface area contributed by atoms with E-state index in [1.807, 2.05) is 13.0 Å². The summed E-state index contributed by atoms with van der Waals surface area (Å²) in [5.74, 6) is -0.599. The Labute approximate surface area is 192 Å². The van der Waals surface area contributed by atoms with E-state index in [0.717, 1.165) is 24.8 Å². The number of carbonyl (C=O) groups is 2. The van der Waals surface area contributed by atoms with Gasteiger partial charge in [-0.3, -0.25) is 10.1 Å². The largest absolute Gasteiger partial charge is 0.462 e. The Morgan fingerprint density at radius 3 is 2.58 bits per heavy atom. The van der Waals surface area contributed by atoms with Gasteiger partial charge in [0.25, 0.3) is 5.91 Å². The molecular formula is C24H28N2O3S2. The van der Waals surface area contributed by atoms with Crippen LogP contribution in [-0.4, -0.2) is 23.6 Å². The molecule has 0 saturated heterocycles. The predicted octanol–water partition coefficient (Wildman–Crippen LogP) is 5.49. The molecular weight excluding hydrogens is 428 g/mol. The van der Waals surface area contributed by atoms with Crippen molar-refractivity contribution in [2.75, 3.05) is 11.9 Å². The van der Waals surface area contributed by atoms with Crippen LogP contribution in [0.1, 0.15) is 76.6 Å². The van der Waals surface area contributed by atoms with Crippen molar-refractivity contribution in [1.82, 2.24) is 5.32 Å². The SMILES string of the molecule is CCOC(=O)c1c(NC(=S)NC(=O)c2ccccc2)sc2c1CCC1(CCCCC1)C2. The lowest BCUT2D eigenvalue weighted by Gasteiger charge is -2.40. The Bertz CT molecular complexity index is 978. The fourth-order valence-electron chi connectivity index (χ4n) is 4.87. The van der Waals surface area contributed by atoms with E-state index in [-0.39, 0.29) is 17.0 Å². The van der Waals surface area contributed by atoms with Crippen molar-refractivity contribution >= 4 is 45.5 Å². The summed E-state index contributed by atoms with van der Waals surface area (Å²) in [6, 6.07) is 8.93. The molecule has 7 heteroatoms. The van der Waals surface area contributed by atoms with E-state index in [0.29, 0.717) is 28.1 Å². The average Bonchev–Trinajstić information content (AvgIpc) is 3.11. The van der Waals surface area contributed by atoms with E-state index in [2.05, 4.69) is 10.6 Å². The van der Waals surface area contributed by atoms with Gasteiger partial charge in [0.05, 0.1) is 12.2 Å². The predicted molar refractivity (Wildman–Crippen MR) is 128 cm³/mol. The van der Waals surface area contributed by atoms with Crippen molar-refractivity contribution in [2.24, 2.45) is 5.41 Å². The summed E-state index contributed by atoms with van der Waals surface area (Å²) in [5.41, 5.74) is 2.59. The van der Waals surface area contributed by atoms with Crippen LogP contribution in [0.25, 0.3) is 0 Å². The quantitative estimate of drug-likeness (QED) is 0.470. The minimum Gasteiger partial charge on any atom is -0.462 e. The van der Waals surface area contributed by atoms with Crippen LogP contribution in [0.2, 0.25) is 0 Å². The highest BCUT2D eigenvalue weighted by Crippen LogP contribution is 2.50. The summed E-state index contributed by atoms with van der Waals surface area (Å²) in [6.45, 7) is 2.13. The number of thiophene rings is 1. The third-order valence-electron chi connectivity index (χ3n) is 6.42. The number of amides is 1. The van der Waals surface area contributed by atoms with Crippen LogP contribution in [0.15, 0.2) is 30.3 Å². The molecule has 1 amide bonds. The van der Waals surface area contributed by atoms with E-state index in [4.69, 9.17) is 17.0 Å². The average molecular weight is 457 g/mol. The van der Waals surface area contributed by atoms with Crippen LogP contribution >= 0.6 is 23.6 Å². The molecule has 1 heterocycles. The molecule has 0 unspecified atom stereocenters. The molecule has 164 valence electrons. The molecule has 1 aromatic carbocycles. The smallest absolute Gasteiger partial charge is 0.341 e. The van der Waals surface area contributed by atoms with Crippen molar-refractivity contribution in [1.29, 1.82) is 0 Å². The summed E-state index contributed by atoms with van der Waals surface area (Å²) < 4.78 is 5.36. The summed E-state index contributed by atoms with van der Waals surface area (Å²) in [6.07, 6.45) is 9.50. The zero-order chi connectivity index (χ0) is 21.8. The van der Waals surface area contributed by atoms with E-state index >= 15 is 0 Å². The van der Waals surface area contributed by atoms with E-state index in [1.54, 1.807) is 35.6 Å². The lowest BCUT2D eigenvalue weighted by Crippen LogP contribution is -2.34. The molecule has 31 heavy (non-hydrogen) atoms. The zero-order valence-electron chi connectivity index (χ0n) is 17.8. The van der Waals surface area contributed by atoms with E-state index in [9.17, 15) is 9.59 Å². The number of ether oxygens (including phenoxy) is 1. The highest BCUT2D eigenvalue weighted by molar-refractivity contribution is 7.80. The third-order valence-corrected chi connectivity index (χ3v) is 7.77. The molecule has 1 spiro atoms. The van der Waals surface area contributed by atoms with Crippen LogP contribution in [0.5, 0.6) is 0 Å². The van der Waals surface area contributed by atoms with Crippen LogP contribution in [-0.2, 0) is 17.6 Å². The molecule has 0 atom stereocenters. The standard InChI is InChI=1S/C24H28N2O3S2/c1-2-29-22(28)19-17-11-14-24(12-7-4-8-13-24)15-18(17)31-21(19)26-23(30)25-20(27)16-9-5-3-6-10-16/h3,5-6,9-10H,2,4,7-8,11-15H2,1H3,(H2,25,26,27,30). The maximum Gasteiger partial charge on any atom is 0.341 e. The Hall–Kier alpha value is -2.25. The van der Waals surface area contributed by atoms with Crippen LogP contribution in [0.3, 0.4) is 0 Å². The summed E-state index contributed by atoms with van der Waals surface area (Å²) >= 11 is 6.98. The minimum absolute atomic E-state index is 0.186. The molecule has 2 aromatic rings. The fraction of sp³-hybridized carbons (Fsp3) is 0.458. The molecule has 0 aliphatic heterocycles.